The fraction of sp³-hybridized carbons (Fsp3) is 0.571. The van der Waals surface area contributed by atoms with Gasteiger partial charge < -0.3 is 0 Å². The summed E-state index contributed by atoms with van der Waals surface area (Å²) in [7, 11) is 0. The summed E-state index contributed by atoms with van der Waals surface area (Å²) in [6, 6.07) is 0. The quantitative estimate of drug-likeness (QED) is 0.669. The Morgan fingerprint density at radius 3 is 2.27 bits per heavy atom. The molecule has 0 aliphatic rings. The van der Waals surface area contributed by atoms with Gasteiger partial charge >= 0.3 is 0 Å². The zero-order valence-corrected chi connectivity index (χ0v) is 10.5. The van der Waals surface area contributed by atoms with Crippen molar-refractivity contribution in [3.63, 3.8) is 0 Å². The Morgan fingerprint density at radius 1 is 1.55 bits per heavy atom. The molecule has 0 spiro atoms. The molecule has 0 fully saturated rings. The molecule has 4 heteroatoms. The van der Waals surface area contributed by atoms with E-state index in [1.807, 2.05) is 10.9 Å². The van der Waals surface area contributed by atoms with Gasteiger partial charge in [-0.1, -0.05) is 0 Å². The standard InChI is InChI=1S/C7H10BrIN2/c1-7(2,3)11-4-5(8)6(9)10-11/h4H,1-3H3. The van der Waals surface area contributed by atoms with Crippen molar-refractivity contribution >= 4 is 38.5 Å². The Kier molecular flexibility index (Phi) is 2.63. The number of halogens is 2. The van der Waals surface area contributed by atoms with E-state index in [1.54, 1.807) is 0 Å². The lowest BCUT2D eigenvalue weighted by Crippen LogP contribution is -2.22. The van der Waals surface area contributed by atoms with E-state index in [1.165, 1.54) is 0 Å². The van der Waals surface area contributed by atoms with Crippen LogP contribution in [0.25, 0.3) is 0 Å². The fourth-order valence-corrected chi connectivity index (χ4v) is 1.32. The van der Waals surface area contributed by atoms with Crippen LogP contribution in [0.3, 0.4) is 0 Å². The maximum atomic E-state index is 4.34. The number of hydrogen-bond donors (Lipinski definition) is 0. The van der Waals surface area contributed by atoms with Gasteiger partial charge in [0.1, 0.15) is 3.70 Å². The SMILES string of the molecule is CC(C)(C)n1cc(Br)c(I)n1. The fourth-order valence-electron chi connectivity index (χ4n) is 0.675. The summed E-state index contributed by atoms with van der Waals surface area (Å²) in [5, 5.41) is 4.34. The summed E-state index contributed by atoms with van der Waals surface area (Å²) in [5.41, 5.74) is 0.0753. The third kappa shape index (κ3) is 2.18. The number of rotatable bonds is 0. The summed E-state index contributed by atoms with van der Waals surface area (Å²) in [4.78, 5) is 0. The molecule has 2 nitrogen and oxygen atoms in total. The second-order valence-corrected chi connectivity index (χ2v) is 5.26. The lowest BCUT2D eigenvalue weighted by Gasteiger charge is -2.18. The van der Waals surface area contributed by atoms with E-state index in [2.05, 4.69) is 64.4 Å². The molecule has 1 aromatic heterocycles. The van der Waals surface area contributed by atoms with Crippen LogP contribution in [-0.4, -0.2) is 9.78 Å². The summed E-state index contributed by atoms with van der Waals surface area (Å²) < 4.78 is 4.03. The number of nitrogens with zero attached hydrogens (tertiary/aromatic N) is 2. The monoisotopic (exact) mass is 328 g/mol. The molecule has 1 aromatic rings. The molecule has 62 valence electrons. The van der Waals surface area contributed by atoms with Crippen LogP contribution >= 0.6 is 38.5 Å². The van der Waals surface area contributed by atoms with Gasteiger partial charge in [-0.05, 0) is 59.3 Å². The molecule has 0 amide bonds. The first-order valence-corrected chi connectivity index (χ1v) is 5.19. The van der Waals surface area contributed by atoms with Gasteiger partial charge in [0.05, 0.1) is 10.0 Å². The van der Waals surface area contributed by atoms with E-state index in [0.29, 0.717) is 0 Å². The number of aromatic nitrogens is 2. The second kappa shape index (κ2) is 3.05. The van der Waals surface area contributed by atoms with E-state index < -0.39 is 0 Å². The maximum absolute atomic E-state index is 4.34. The van der Waals surface area contributed by atoms with Gasteiger partial charge in [0.15, 0.2) is 0 Å². The average molecular weight is 329 g/mol. The molecule has 0 saturated heterocycles. The first-order valence-electron chi connectivity index (χ1n) is 3.32. The minimum absolute atomic E-state index is 0.0753. The van der Waals surface area contributed by atoms with Crippen molar-refractivity contribution in [2.45, 2.75) is 26.3 Å². The first-order chi connectivity index (χ1) is 4.91. The van der Waals surface area contributed by atoms with Crippen LogP contribution in [0.4, 0.5) is 0 Å². The molecule has 0 bridgehead atoms. The highest BCUT2D eigenvalue weighted by Gasteiger charge is 2.15. The molecule has 0 saturated carbocycles. The van der Waals surface area contributed by atoms with Crippen LogP contribution < -0.4 is 0 Å². The molecule has 0 unspecified atom stereocenters. The van der Waals surface area contributed by atoms with Crippen LogP contribution in [0.1, 0.15) is 20.8 Å². The van der Waals surface area contributed by atoms with Crippen molar-refractivity contribution in [3.05, 3.63) is 14.4 Å². The first kappa shape index (κ1) is 9.51. The van der Waals surface area contributed by atoms with E-state index >= 15 is 0 Å². The van der Waals surface area contributed by atoms with Gasteiger partial charge in [-0.25, -0.2) is 0 Å². The van der Waals surface area contributed by atoms with Crippen LogP contribution in [0.2, 0.25) is 0 Å². The number of hydrogen-bond acceptors (Lipinski definition) is 1. The Morgan fingerprint density at radius 2 is 2.09 bits per heavy atom. The molecule has 0 atom stereocenters. The van der Waals surface area contributed by atoms with Crippen LogP contribution in [0, 0.1) is 3.70 Å². The van der Waals surface area contributed by atoms with Gasteiger partial charge in [0.2, 0.25) is 0 Å². The highest BCUT2D eigenvalue weighted by Crippen LogP contribution is 2.21. The van der Waals surface area contributed by atoms with Crippen LogP contribution in [0.5, 0.6) is 0 Å². The highest BCUT2D eigenvalue weighted by molar-refractivity contribution is 14.1. The van der Waals surface area contributed by atoms with E-state index in [4.69, 9.17) is 0 Å². The molecule has 0 aliphatic heterocycles. The van der Waals surface area contributed by atoms with E-state index in [9.17, 15) is 0 Å². The molecular formula is C7H10BrIN2. The van der Waals surface area contributed by atoms with Gasteiger partial charge in [0, 0.05) is 6.20 Å². The van der Waals surface area contributed by atoms with Crippen molar-refractivity contribution in [1.29, 1.82) is 0 Å². The Balaban J connectivity index is 3.08. The van der Waals surface area contributed by atoms with E-state index in [-0.39, 0.29) is 5.54 Å². The lowest BCUT2D eigenvalue weighted by atomic mass is 10.1. The smallest absolute Gasteiger partial charge is 0.137 e. The normalized spacial score (nSPS) is 12.1. The minimum atomic E-state index is 0.0753. The third-order valence-electron chi connectivity index (χ3n) is 1.32. The summed E-state index contributed by atoms with van der Waals surface area (Å²) in [5.74, 6) is 0. The molecule has 11 heavy (non-hydrogen) atoms. The summed E-state index contributed by atoms with van der Waals surface area (Å²) in [6.45, 7) is 6.38. The molecule has 0 aromatic carbocycles. The summed E-state index contributed by atoms with van der Waals surface area (Å²) in [6.07, 6.45) is 2.00. The molecule has 0 radical (unpaired) electrons. The maximum Gasteiger partial charge on any atom is 0.137 e. The topological polar surface area (TPSA) is 17.8 Å². The van der Waals surface area contributed by atoms with Crippen molar-refractivity contribution in [2.75, 3.05) is 0 Å². The van der Waals surface area contributed by atoms with Crippen molar-refractivity contribution in [3.8, 4) is 0 Å². The Hall–Kier alpha value is 0.420. The molecule has 1 rings (SSSR count). The predicted octanol–water partition coefficient (Wildman–Crippen LogP) is 3.01. The average Bonchev–Trinajstić information content (AvgIpc) is 2.11. The zero-order valence-electron chi connectivity index (χ0n) is 6.73. The van der Waals surface area contributed by atoms with Gasteiger partial charge in [-0.3, -0.25) is 4.68 Å². The largest absolute Gasteiger partial charge is 0.265 e. The van der Waals surface area contributed by atoms with Gasteiger partial charge in [-0.15, -0.1) is 0 Å². The molecular weight excluding hydrogens is 319 g/mol. The molecule has 0 N–H and O–H groups in total. The van der Waals surface area contributed by atoms with Crippen LogP contribution in [0.15, 0.2) is 10.7 Å². The summed E-state index contributed by atoms with van der Waals surface area (Å²) >= 11 is 5.62. The molecule has 0 aliphatic carbocycles. The van der Waals surface area contributed by atoms with Crippen LogP contribution in [-0.2, 0) is 5.54 Å². The van der Waals surface area contributed by atoms with Crippen molar-refractivity contribution in [2.24, 2.45) is 0 Å². The van der Waals surface area contributed by atoms with Gasteiger partial charge in [-0.2, -0.15) is 5.10 Å². The van der Waals surface area contributed by atoms with Crippen molar-refractivity contribution in [1.82, 2.24) is 9.78 Å². The van der Waals surface area contributed by atoms with Crippen molar-refractivity contribution < 1.29 is 0 Å². The predicted molar refractivity (Wildman–Crippen MR) is 57.6 cm³/mol. The lowest BCUT2D eigenvalue weighted by molar-refractivity contribution is 0.354. The second-order valence-electron chi connectivity index (χ2n) is 3.38. The zero-order chi connectivity index (χ0) is 8.65. The molecule has 1 heterocycles. The third-order valence-corrected chi connectivity index (χ3v) is 3.43. The minimum Gasteiger partial charge on any atom is -0.265 e. The highest BCUT2D eigenvalue weighted by atomic mass is 127. The Labute approximate surface area is 88.6 Å². The Bertz CT molecular complexity index is 242. The van der Waals surface area contributed by atoms with E-state index in [0.717, 1.165) is 8.17 Å². The van der Waals surface area contributed by atoms with Gasteiger partial charge in [0.25, 0.3) is 0 Å².